The van der Waals surface area contributed by atoms with E-state index >= 15 is 0 Å². The average Bonchev–Trinajstić information content (AvgIpc) is 3.22. The molecule has 3 aromatic rings. The molecule has 3 heterocycles. The van der Waals surface area contributed by atoms with Crippen LogP contribution in [-0.4, -0.2) is 43.0 Å². The van der Waals surface area contributed by atoms with E-state index in [1.807, 2.05) is 30.5 Å². The summed E-state index contributed by atoms with van der Waals surface area (Å²) in [6, 6.07) is 7.75. The molecule has 3 N–H and O–H groups in total. The Bertz CT molecular complexity index is 1240. The first-order valence-electron chi connectivity index (χ1n) is 10.4. The molecular weight excluding hydrogens is 418 g/mol. The quantitative estimate of drug-likeness (QED) is 0.579. The Morgan fingerprint density at radius 2 is 2.00 bits per heavy atom. The Kier molecular flexibility index (Phi) is 6.17. The number of H-pyrrole nitrogens is 1. The van der Waals surface area contributed by atoms with Crippen LogP contribution in [0.5, 0.6) is 5.75 Å². The number of pyridine rings is 1. The molecule has 1 aliphatic heterocycles. The standard InChI is InChI=1S/C22H27N3O5S/c1-25-14-20(18-6-9-24-21(18)22(25)26)19-13-17(30-16-7-10-29-11-8-16)5-4-15(19)3-2-12-31(23,27)28/h4-6,9,13-14,16,24H,2-3,7-8,10-12H2,1H3,(H2,23,27,28). The van der Waals surface area contributed by atoms with Crippen molar-refractivity contribution in [2.24, 2.45) is 12.2 Å². The summed E-state index contributed by atoms with van der Waals surface area (Å²) in [6.45, 7) is 1.38. The Morgan fingerprint density at radius 3 is 2.74 bits per heavy atom. The maximum absolute atomic E-state index is 12.5. The molecule has 0 spiro atoms. The van der Waals surface area contributed by atoms with Crippen LogP contribution < -0.4 is 15.4 Å². The summed E-state index contributed by atoms with van der Waals surface area (Å²) >= 11 is 0. The number of nitrogens with zero attached hydrogens (tertiary/aromatic N) is 1. The van der Waals surface area contributed by atoms with E-state index in [4.69, 9.17) is 14.6 Å². The van der Waals surface area contributed by atoms with E-state index in [1.54, 1.807) is 17.8 Å². The molecule has 1 fully saturated rings. The van der Waals surface area contributed by atoms with Gasteiger partial charge in [0.05, 0.1) is 19.0 Å². The van der Waals surface area contributed by atoms with Crippen LogP contribution in [0.25, 0.3) is 22.0 Å². The highest BCUT2D eigenvalue weighted by molar-refractivity contribution is 7.89. The number of fused-ring (bicyclic) bond motifs is 1. The second kappa shape index (κ2) is 8.86. The predicted molar refractivity (Wildman–Crippen MR) is 120 cm³/mol. The molecule has 4 rings (SSSR count). The van der Waals surface area contributed by atoms with Gasteiger partial charge in [0.2, 0.25) is 10.0 Å². The van der Waals surface area contributed by atoms with Crippen molar-refractivity contribution in [2.45, 2.75) is 31.8 Å². The number of rotatable bonds is 7. The van der Waals surface area contributed by atoms with E-state index in [2.05, 4.69) is 4.98 Å². The molecule has 166 valence electrons. The van der Waals surface area contributed by atoms with Crippen molar-refractivity contribution in [1.82, 2.24) is 9.55 Å². The number of aryl methyl sites for hydroxylation is 2. The molecule has 0 radical (unpaired) electrons. The number of primary sulfonamides is 1. The number of hydrogen-bond donors (Lipinski definition) is 2. The maximum Gasteiger partial charge on any atom is 0.274 e. The Hall–Kier alpha value is -2.62. The fourth-order valence-corrected chi connectivity index (χ4v) is 4.58. The number of benzene rings is 1. The van der Waals surface area contributed by atoms with Gasteiger partial charge in [0.1, 0.15) is 17.4 Å². The van der Waals surface area contributed by atoms with Gasteiger partial charge in [0, 0.05) is 43.2 Å². The zero-order valence-corrected chi connectivity index (χ0v) is 18.3. The summed E-state index contributed by atoms with van der Waals surface area (Å²) < 4.78 is 35.9. The fourth-order valence-electron chi connectivity index (χ4n) is 4.03. The highest BCUT2D eigenvalue weighted by Gasteiger charge is 2.18. The first-order chi connectivity index (χ1) is 14.8. The number of ether oxygens (including phenoxy) is 2. The lowest BCUT2D eigenvalue weighted by Gasteiger charge is -2.24. The van der Waals surface area contributed by atoms with Gasteiger partial charge in [-0.1, -0.05) is 6.07 Å². The van der Waals surface area contributed by atoms with Crippen molar-refractivity contribution in [1.29, 1.82) is 0 Å². The molecule has 9 heteroatoms. The van der Waals surface area contributed by atoms with E-state index in [1.165, 1.54) is 0 Å². The van der Waals surface area contributed by atoms with E-state index in [9.17, 15) is 13.2 Å². The molecule has 0 unspecified atom stereocenters. The SMILES string of the molecule is Cn1cc(-c2cc(OC3CCOCC3)ccc2CCCS(N)(=O)=O)c2cc[nH]c2c1=O. The maximum atomic E-state index is 12.5. The zero-order chi connectivity index (χ0) is 22.0. The molecule has 8 nitrogen and oxygen atoms in total. The average molecular weight is 446 g/mol. The third-order valence-electron chi connectivity index (χ3n) is 5.61. The van der Waals surface area contributed by atoms with Gasteiger partial charge in [0.15, 0.2) is 0 Å². The van der Waals surface area contributed by atoms with Gasteiger partial charge in [-0.25, -0.2) is 13.6 Å². The summed E-state index contributed by atoms with van der Waals surface area (Å²) in [7, 11) is -1.81. The smallest absolute Gasteiger partial charge is 0.274 e. The molecule has 1 saturated heterocycles. The van der Waals surface area contributed by atoms with Crippen LogP contribution in [0.2, 0.25) is 0 Å². The van der Waals surface area contributed by atoms with Crippen molar-refractivity contribution in [3.8, 4) is 16.9 Å². The van der Waals surface area contributed by atoms with Gasteiger partial charge >= 0.3 is 0 Å². The molecule has 31 heavy (non-hydrogen) atoms. The highest BCUT2D eigenvalue weighted by atomic mass is 32.2. The van der Waals surface area contributed by atoms with E-state index in [0.717, 1.165) is 40.7 Å². The number of hydrogen-bond acceptors (Lipinski definition) is 5. The Morgan fingerprint density at radius 1 is 1.23 bits per heavy atom. The van der Waals surface area contributed by atoms with Crippen LogP contribution in [-0.2, 0) is 28.2 Å². The van der Waals surface area contributed by atoms with Gasteiger partial charge in [-0.15, -0.1) is 0 Å². The summed E-state index contributed by atoms with van der Waals surface area (Å²) in [6.07, 6.45) is 6.29. The summed E-state index contributed by atoms with van der Waals surface area (Å²) in [5.41, 5.74) is 3.21. The largest absolute Gasteiger partial charge is 0.490 e. The first-order valence-corrected chi connectivity index (χ1v) is 12.1. The number of nitrogens with one attached hydrogen (secondary N) is 1. The Labute approximate surface area is 181 Å². The number of aromatic amines is 1. The topological polar surface area (TPSA) is 116 Å². The fraction of sp³-hybridized carbons (Fsp3) is 0.409. The molecule has 0 amide bonds. The van der Waals surface area contributed by atoms with Crippen LogP contribution in [0.1, 0.15) is 24.8 Å². The lowest BCUT2D eigenvalue weighted by molar-refractivity contribution is 0.0256. The molecule has 1 aliphatic rings. The summed E-state index contributed by atoms with van der Waals surface area (Å²) in [4.78, 5) is 15.5. The minimum Gasteiger partial charge on any atom is -0.490 e. The van der Waals surface area contributed by atoms with Crippen molar-refractivity contribution in [2.75, 3.05) is 19.0 Å². The monoisotopic (exact) mass is 445 g/mol. The van der Waals surface area contributed by atoms with Crippen molar-refractivity contribution >= 4 is 20.9 Å². The third-order valence-corrected chi connectivity index (χ3v) is 6.47. The molecule has 0 atom stereocenters. The zero-order valence-electron chi connectivity index (χ0n) is 17.5. The molecule has 0 bridgehead atoms. The molecule has 1 aromatic carbocycles. The number of sulfonamides is 1. The summed E-state index contributed by atoms with van der Waals surface area (Å²) in [5.74, 6) is 0.661. The van der Waals surface area contributed by atoms with Gasteiger partial charge in [-0.3, -0.25) is 4.79 Å². The van der Waals surface area contributed by atoms with E-state index in [-0.39, 0.29) is 17.4 Å². The highest BCUT2D eigenvalue weighted by Crippen LogP contribution is 2.33. The normalized spacial score (nSPS) is 15.4. The lowest BCUT2D eigenvalue weighted by Crippen LogP contribution is -2.25. The van der Waals surface area contributed by atoms with Crippen LogP contribution in [0.15, 0.2) is 41.5 Å². The van der Waals surface area contributed by atoms with E-state index < -0.39 is 10.0 Å². The minimum absolute atomic E-state index is 0.0837. The summed E-state index contributed by atoms with van der Waals surface area (Å²) in [5, 5.41) is 5.99. The third kappa shape index (κ3) is 5.00. The second-order valence-corrected chi connectivity index (χ2v) is 9.68. The number of nitrogens with two attached hydrogens (primary N) is 1. The second-order valence-electron chi connectivity index (χ2n) is 7.94. The van der Waals surface area contributed by atoms with Crippen LogP contribution in [0.3, 0.4) is 0 Å². The lowest BCUT2D eigenvalue weighted by atomic mass is 9.95. The van der Waals surface area contributed by atoms with Crippen LogP contribution in [0.4, 0.5) is 0 Å². The van der Waals surface area contributed by atoms with Crippen molar-refractivity contribution in [3.63, 3.8) is 0 Å². The van der Waals surface area contributed by atoms with E-state index in [0.29, 0.717) is 31.6 Å². The van der Waals surface area contributed by atoms with Gasteiger partial charge in [0.25, 0.3) is 5.56 Å². The first kappa shape index (κ1) is 21.6. The number of aromatic nitrogens is 2. The molecule has 2 aromatic heterocycles. The van der Waals surface area contributed by atoms with Gasteiger partial charge in [-0.2, -0.15) is 0 Å². The van der Waals surface area contributed by atoms with Crippen molar-refractivity contribution < 1.29 is 17.9 Å². The van der Waals surface area contributed by atoms with Crippen molar-refractivity contribution in [3.05, 3.63) is 52.6 Å². The van der Waals surface area contributed by atoms with Crippen LogP contribution >= 0.6 is 0 Å². The predicted octanol–water partition coefficient (Wildman–Crippen LogP) is 2.31. The molecule has 0 aliphatic carbocycles. The van der Waals surface area contributed by atoms with Gasteiger partial charge in [-0.05, 0) is 42.2 Å². The van der Waals surface area contributed by atoms with Crippen LogP contribution in [0, 0.1) is 0 Å². The molecule has 0 saturated carbocycles. The molecular formula is C22H27N3O5S. The minimum atomic E-state index is -3.52. The Balaban J connectivity index is 1.75. The van der Waals surface area contributed by atoms with Gasteiger partial charge < -0.3 is 19.0 Å².